The molecule has 1 aromatic rings. The van der Waals surface area contributed by atoms with Crippen molar-refractivity contribution in [2.45, 2.75) is 12.5 Å². The number of carbonyl (C=O) groups excluding carboxylic acids is 1. The van der Waals surface area contributed by atoms with Gasteiger partial charge in [-0.3, -0.25) is 4.79 Å². The Bertz CT molecular complexity index is 409. The van der Waals surface area contributed by atoms with Gasteiger partial charge in [0.2, 0.25) is 5.91 Å². The van der Waals surface area contributed by atoms with E-state index in [2.05, 4.69) is 26.6 Å². The number of anilines is 2. The van der Waals surface area contributed by atoms with E-state index in [4.69, 9.17) is 4.74 Å². The molecule has 0 radical (unpaired) electrons. The second-order valence-corrected chi connectivity index (χ2v) is 4.57. The summed E-state index contributed by atoms with van der Waals surface area (Å²) in [6.07, 6.45) is 0.665. The zero-order valence-electron chi connectivity index (χ0n) is 8.92. The fourth-order valence-electron chi connectivity index (χ4n) is 1.66. The summed E-state index contributed by atoms with van der Waals surface area (Å²) in [6, 6.07) is 5.55. The van der Waals surface area contributed by atoms with Gasteiger partial charge in [-0.15, -0.1) is 0 Å². The third-order valence-electron chi connectivity index (χ3n) is 2.50. The molecule has 2 N–H and O–H groups in total. The van der Waals surface area contributed by atoms with E-state index in [1.165, 1.54) is 0 Å². The van der Waals surface area contributed by atoms with Gasteiger partial charge in [0.1, 0.15) is 6.04 Å². The van der Waals surface area contributed by atoms with Gasteiger partial charge in [-0.2, -0.15) is 0 Å². The fraction of sp³-hybridized carbons (Fsp3) is 0.364. The maximum absolute atomic E-state index is 11.7. The first-order chi connectivity index (χ1) is 7.70. The molecule has 2 rings (SSSR count). The Morgan fingerprint density at radius 2 is 2.25 bits per heavy atom. The van der Waals surface area contributed by atoms with E-state index in [1.54, 1.807) is 7.11 Å². The van der Waals surface area contributed by atoms with Crippen LogP contribution in [0.3, 0.4) is 0 Å². The standard InChI is InChI=1S/C11H13BrN2O2/c1-16-5-4-9-11(15)14-10-6-7(12)2-3-8(10)13-9/h2-3,6,9,13H,4-5H2,1H3,(H,14,15). The lowest BCUT2D eigenvalue weighted by Gasteiger charge is -2.26. The number of carbonyl (C=O) groups is 1. The molecule has 1 unspecified atom stereocenters. The highest BCUT2D eigenvalue weighted by Gasteiger charge is 2.24. The van der Waals surface area contributed by atoms with Crippen molar-refractivity contribution >= 4 is 33.2 Å². The van der Waals surface area contributed by atoms with Crippen LogP contribution in [0.2, 0.25) is 0 Å². The molecule has 0 spiro atoms. The predicted octanol–water partition coefficient (Wildman–Crippen LogP) is 2.22. The highest BCUT2D eigenvalue weighted by molar-refractivity contribution is 9.10. The third kappa shape index (κ3) is 2.36. The summed E-state index contributed by atoms with van der Waals surface area (Å²) in [5.41, 5.74) is 1.76. The molecule has 0 saturated carbocycles. The van der Waals surface area contributed by atoms with Crippen LogP contribution in [0.4, 0.5) is 11.4 Å². The van der Waals surface area contributed by atoms with E-state index in [-0.39, 0.29) is 11.9 Å². The summed E-state index contributed by atoms with van der Waals surface area (Å²) in [7, 11) is 1.63. The van der Waals surface area contributed by atoms with Crippen molar-refractivity contribution in [2.24, 2.45) is 0 Å². The average Bonchev–Trinajstić information content (AvgIpc) is 2.26. The molecule has 1 aromatic carbocycles. The molecule has 5 heteroatoms. The van der Waals surface area contributed by atoms with Crippen LogP contribution in [0, 0.1) is 0 Å². The molecule has 1 aliphatic heterocycles. The number of rotatable bonds is 3. The topological polar surface area (TPSA) is 50.4 Å². The van der Waals surface area contributed by atoms with Crippen molar-refractivity contribution < 1.29 is 9.53 Å². The van der Waals surface area contributed by atoms with Crippen LogP contribution < -0.4 is 10.6 Å². The zero-order valence-corrected chi connectivity index (χ0v) is 10.5. The van der Waals surface area contributed by atoms with Crippen LogP contribution in [-0.2, 0) is 9.53 Å². The second-order valence-electron chi connectivity index (χ2n) is 3.66. The first-order valence-corrected chi connectivity index (χ1v) is 5.86. The number of nitrogens with one attached hydrogen (secondary N) is 2. The molecule has 0 aromatic heterocycles. The van der Waals surface area contributed by atoms with E-state index in [9.17, 15) is 4.79 Å². The highest BCUT2D eigenvalue weighted by atomic mass is 79.9. The van der Waals surface area contributed by atoms with Crippen molar-refractivity contribution in [1.82, 2.24) is 0 Å². The smallest absolute Gasteiger partial charge is 0.247 e. The quantitative estimate of drug-likeness (QED) is 0.895. The molecule has 4 nitrogen and oxygen atoms in total. The van der Waals surface area contributed by atoms with E-state index in [0.29, 0.717) is 13.0 Å². The van der Waals surface area contributed by atoms with Gasteiger partial charge in [0.15, 0.2) is 0 Å². The number of amides is 1. The lowest BCUT2D eigenvalue weighted by atomic mass is 10.1. The number of benzene rings is 1. The van der Waals surface area contributed by atoms with E-state index in [1.807, 2.05) is 18.2 Å². The number of ether oxygens (including phenoxy) is 1. The Hall–Kier alpha value is -1.07. The van der Waals surface area contributed by atoms with Crippen LogP contribution in [0.15, 0.2) is 22.7 Å². The minimum absolute atomic E-state index is 0.0114. The van der Waals surface area contributed by atoms with Gasteiger partial charge in [0, 0.05) is 18.2 Å². The Kier molecular flexibility index (Phi) is 3.46. The minimum Gasteiger partial charge on any atom is -0.385 e. The monoisotopic (exact) mass is 284 g/mol. The molecule has 86 valence electrons. The predicted molar refractivity (Wildman–Crippen MR) is 66.7 cm³/mol. The Morgan fingerprint density at radius 3 is 3.00 bits per heavy atom. The Balaban J connectivity index is 2.15. The van der Waals surface area contributed by atoms with Gasteiger partial charge in [-0.25, -0.2) is 0 Å². The van der Waals surface area contributed by atoms with Gasteiger partial charge in [0.25, 0.3) is 0 Å². The van der Waals surface area contributed by atoms with Crippen LogP contribution in [0.25, 0.3) is 0 Å². The Morgan fingerprint density at radius 1 is 1.44 bits per heavy atom. The number of halogens is 1. The Labute approximate surface area is 102 Å². The van der Waals surface area contributed by atoms with Crippen LogP contribution >= 0.6 is 15.9 Å². The van der Waals surface area contributed by atoms with E-state index in [0.717, 1.165) is 15.8 Å². The average molecular weight is 285 g/mol. The summed E-state index contributed by atoms with van der Waals surface area (Å²) in [6.45, 7) is 0.566. The van der Waals surface area contributed by atoms with Gasteiger partial charge >= 0.3 is 0 Å². The van der Waals surface area contributed by atoms with Gasteiger partial charge in [-0.1, -0.05) is 15.9 Å². The summed E-state index contributed by atoms with van der Waals surface area (Å²) < 4.78 is 5.92. The van der Waals surface area contributed by atoms with Crippen molar-refractivity contribution in [3.05, 3.63) is 22.7 Å². The van der Waals surface area contributed by atoms with Gasteiger partial charge in [0.05, 0.1) is 11.4 Å². The molecule has 0 fully saturated rings. The summed E-state index contributed by atoms with van der Waals surface area (Å²) in [5.74, 6) is -0.0114. The molecule has 1 atom stereocenters. The normalized spacial score (nSPS) is 18.6. The summed E-state index contributed by atoms with van der Waals surface area (Å²) in [5, 5.41) is 6.07. The molecular weight excluding hydrogens is 272 g/mol. The number of hydrogen-bond acceptors (Lipinski definition) is 3. The second kappa shape index (κ2) is 4.84. The SMILES string of the molecule is COCCC1Nc2ccc(Br)cc2NC1=O. The molecule has 0 saturated heterocycles. The largest absolute Gasteiger partial charge is 0.385 e. The number of methoxy groups -OCH3 is 1. The van der Waals surface area contributed by atoms with Crippen LogP contribution in [0.1, 0.15) is 6.42 Å². The van der Waals surface area contributed by atoms with E-state index < -0.39 is 0 Å². The fourth-order valence-corrected chi connectivity index (χ4v) is 2.02. The minimum atomic E-state index is -0.214. The molecule has 1 heterocycles. The number of hydrogen-bond donors (Lipinski definition) is 2. The third-order valence-corrected chi connectivity index (χ3v) is 2.99. The van der Waals surface area contributed by atoms with Gasteiger partial charge < -0.3 is 15.4 Å². The van der Waals surface area contributed by atoms with Crippen molar-refractivity contribution in [1.29, 1.82) is 0 Å². The molecule has 16 heavy (non-hydrogen) atoms. The van der Waals surface area contributed by atoms with Crippen molar-refractivity contribution in [2.75, 3.05) is 24.4 Å². The van der Waals surface area contributed by atoms with Crippen LogP contribution in [-0.4, -0.2) is 25.7 Å². The molecular formula is C11H13BrN2O2. The first-order valence-electron chi connectivity index (χ1n) is 5.06. The highest BCUT2D eigenvalue weighted by Crippen LogP contribution is 2.30. The van der Waals surface area contributed by atoms with E-state index >= 15 is 0 Å². The number of fused-ring (bicyclic) bond motifs is 1. The lowest BCUT2D eigenvalue weighted by Crippen LogP contribution is -2.39. The maximum atomic E-state index is 11.7. The maximum Gasteiger partial charge on any atom is 0.247 e. The summed E-state index contributed by atoms with van der Waals surface area (Å²) in [4.78, 5) is 11.7. The first kappa shape index (κ1) is 11.4. The summed E-state index contributed by atoms with van der Waals surface area (Å²) >= 11 is 3.37. The van der Waals surface area contributed by atoms with Crippen molar-refractivity contribution in [3.63, 3.8) is 0 Å². The lowest BCUT2D eigenvalue weighted by molar-refractivity contribution is -0.117. The van der Waals surface area contributed by atoms with Crippen LogP contribution in [0.5, 0.6) is 0 Å². The molecule has 0 aliphatic carbocycles. The zero-order chi connectivity index (χ0) is 11.5. The van der Waals surface area contributed by atoms with Gasteiger partial charge in [-0.05, 0) is 24.6 Å². The molecule has 1 amide bonds. The molecule has 0 bridgehead atoms. The molecule has 1 aliphatic rings. The van der Waals surface area contributed by atoms with Crippen molar-refractivity contribution in [3.8, 4) is 0 Å².